The van der Waals surface area contributed by atoms with Gasteiger partial charge in [0, 0.05) is 36.9 Å². The Morgan fingerprint density at radius 2 is 1.91 bits per heavy atom. The van der Waals surface area contributed by atoms with Crippen LogP contribution in [0.5, 0.6) is 5.75 Å². The topological polar surface area (TPSA) is 74.3 Å². The molecule has 1 atom stereocenters. The summed E-state index contributed by atoms with van der Waals surface area (Å²) in [7, 11) is 3.27. The van der Waals surface area contributed by atoms with Crippen LogP contribution in [0.2, 0.25) is 5.02 Å². The van der Waals surface area contributed by atoms with Gasteiger partial charge >= 0.3 is 5.69 Å². The van der Waals surface area contributed by atoms with E-state index >= 15 is 0 Å². The predicted octanol–water partition coefficient (Wildman–Crippen LogP) is 3.39. The van der Waals surface area contributed by atoms with Crippen molar-refractivity contribution in [2.45, 2.75) is 20.0 Å². The fourth-order valence-electron chi connectivity index (χ4n) is 4.44. The van der Waals surface area contributed by atoms with Crippen LogP contribution in [0.15, 0.2) is 58.1 Å². The number of imidazole rings is 1. The van der Waals surface area contributed by atoms with Gasteiger partial charge in [-0.05, 0) is 29.7 Å². The number of hydrogen-bond acceptors (Lipinski definition) is 5. The molecule has 0 fully saturated rings. The Bertz CT molecular complexity index is 1490. The van der Waals surface area contributed by atoms with Crippen molar-refractivity contribution in [2.24, 2.45) is 13.0 Å². The Hall–Kier alpha value is -3.52. The first kappa shape index (κ1) is 21.3. The van der Waals surface area contributed by atoms with Crippen molar-refractivity contribution in [3.63, 3.8) is 0 Å². The third kappa shape index (κ3) is 3.51. The number of benzene rings is 2. The van der Waals surface area contributed by atoms with E-state index < -0.39 is 5.69 Å². The molecule has 0 radical (unpaired) electrons. The molecule has 8 nitrogen and oxygen atoms in total. The van der Waals surface area contributed by atoms with E-state index in [1.54, 1.807) is 20.2 Å². The highest BCUT2D eigenvalue weighted by Gasteiger charge is 2.30. The molecule has 5 rings (SSSR count). The minimum absolute atomic E-state index is 0.0940. The summed E-state index contributed by atoms with van der Waals surface area (Å²) in [5.74, 6) is 1.64. The maximum Gasteiger partial charge on any atom is 0.332 e. The number of halogens is 1. The minimum Gasteiger partial charge on any atom is -0.497 e. The number of methoxy groups -OCH3 is 1. The van der Waals surface area contributed by atoms with Gasteiger partial charge in [0.2, 0.25) is 5.95 Å². The maximum absolute atomic E-state index is 13.6. The van der Waals surface area contributed by atoms with E-state index in [1.165, 1.54) is 9.13 Å². The SMILES string of the molecule is COc1cccc(N2C[C@H](C)Cn3c2nc2c3c(=O)n(Cc3ccccc3Cl)c(=O)n2C)c1. The van der Waals surface area contributed by atoms with E-state index in [2.05, 4.69) is 11.8 Å². The zero-order valence-electron chi connectivity index (χ0n) is 18.7. The lowest BCUT2D eigenvalue weighted by Crippen LogP contribution is -2.40. The van der Waals surface area contributed by atoms with E-state index in [-0.39, 0.29) is 18.0 Å². The summed E-state index contributed by atoms with van der Waals surface area (Å²) in [6, 6.07) is 15.0. The Labute approximate surface area is 195 Å². The van der Waals surface area contributed by atoms with Crippen LogP contribution in [0.3, 0.4) is 0 Å². The molecule has 0 saturated carbocycles. The Kier molecular flexibility index (Phi) is 5.25. The second kappa shape index (κ2) is 8.12. The molecule has 170 valence electrons. The molecule has 0 saturated heterocycles. The summed E-state index contributed by atoms with van der Waals surface area (Å²) in [6.07, 6.45) is 0. The Balaban J connectivity index is 1.72. The van der Waals surface area contributed by atoms with Gasteiger partial charge in [-0.1, -0.05) is 42.8 Å². The zero-order chi connectivity index (χ0) is 23.3. The van der Waals surface area contributed by atoms with Gasteiger partial charge in [0.1, 0.15) is 5.75 Å². The smallest absolute Gasteiger partial charge is 0.332 e. The lowest BCUT2D eigenvalue weighted by molar-refractivity contribution is 0.414. The fraction of sp³-hybridized carbons (Fsp3) is 0.292. The molecular formula is C24H24ClN5O3. The summed E-state index contributed by atoms with van der Waals surface area (Å²) in [5, 5.41) is 0.514. The number of aryl methyl sites for hydroxylation is 1. The van der Waals surface area contributed by atoms with Gasteiger partial charge in [0.25, 0.3) is 5.56 Å². The van der Waals surface area contributed by atoms with Crippen LogP contribution in [0.1, 0.15) is 12.5 Å². The molecule has 0 unspecified atom stereocenters. The monoisotopic (exact) mass is 465 g/mol. The Morgan fingerprint density at radius 1 is 1.12 bits per heavy atom. The Morgan fingerprint density at radius 3 is 2.67 bits per heavy atom. The highest BCUT2D eigenvalue weighted by molar-refractivity contribution is 6.31. The zero-order valence-corrected chi connectivity index (χ0v) is 19.4. The maximum atomic E-state index is 13.6. The molecular weight excluding hydrogens is 442 g/mol. The van der Waals surface area contributed by atoms with E-state index in [0.717, 1.165) is 18.0 Å². The molecule has 0 amide bonds. The molecule has 0 spiro atoms. The van der Waals surface area contributed by atoms with Gasteiger partial charge in [-0.15, -0.1) is 0 Å². The van der Waals surface area contributed by atoms with Crippen LogP contribution in [0.25, 0.3) is 11.2 Å². The van der Waals surface area contributed by atoms with Gasteiger partial charge in [0.15, 0.2) is 11.2 Å². The van der Waals surface area contributed by atoms with Crippen LogP contribution in [0.4, 0.5) is 11.6 Å². The molecule has 3 heterocycles. The third-order valence-electron chi connectivity index (χ3n) is 6.09. The lowest BCUT2D eigenvalue weighted by atomic mass is 10.1. The molecule has 1 aliphatic rings. The quantitative estimate of drug-likeness (QED) is 0.462. The van der Waals surface area contributed by atoms with Crippen LogP contribution < -0.4 is 20.9 Å². The number of nitrogens with zero attached hydrogens (tertiary/aromatic N) is 5. The number of anilines is 2. The third-order valence-corrected chi connectivity index (χ3v) is 6.46. The summed E-state index contributed by atoms with van der Waals surface area (Å²) in [6.45, 7) is 3.59. The molecule has 0 bridgehead atoms. The van der Waals surface area contributed by atoms with Crippen molar-refractivity contribution in [3.8, 4) is 5.75 Å². The molecule has 9 heteroatoms. The number of aromatic nitrogens is 4. The number of rotatable bonds is 4. The number of fused-ring (bicyclic) bond motifs is 3. The van der Waals surface area contributed by atoms with Crippen molar-refractivity contribution >= 4 is 34.4 Å². The highest BCUT2D eigenvalue weighted by Crippen LogP contribution is 2.34. The van der Waals surface area contributed by atoms with Crippen LogP contribution in [-0.4, -0.2) is 32.3 Å². The second-order valence-corrected chi connectivity index (χ2v) is 8.84. The van der Waals surface area contributed by atoms with Crippen molar-refractivity contribution < 1.29 is 4.74 Å². The van der Waals surface area contributed by atoms with Gasteiger partial charge in [-0.2, -0.15) is 4.98 Å². The summed E-state index contributed by atoms with van der Waals surface area (Å²) < 4.78 is 9.98. The van der Waals surface area contributed by atoms with E-state index in [9.17, 15) is 9.59 Å². The first-order valence-corrected chi connectivity index (χ1v) is 11.1. The summed E-state index contributed by atoms with van der Waals surface area (Å²) in [4.78, 5) is 33.6. The van der Waals surface area contributed by atoms with Gasteiger partial charge < -0.3 is 14.2 Å². The summed E-state index contributed by atoms with van der Waals surface area (Å²) in [5.41, 5.74) is 1.62. The normalized spacial score (nSPS) is 15.6. The van der Waals surface area contributed by atoms with Crippen LogP contribution in [-0.2, 0) is 20.1 Å². The molecule has 0 aliphatic carbocycles. The predicted molar refractivity (Wildman–Crippen MR) is 129 cm³/mol. The van der Waals surface area contributed by atoms with Gasteiger partial charge in [0.05, 0.1) is 13.7 Å². The van der Waals surface area contributed by atoms with Crippen LogP contribution in [0, 0.1) is 5.92 Å². The fourth-order valence-corrected chi connectivity index (χ4v) is 4.63. The van der Waals surface area contributed by atoms with E-state index in [4.69, 9.17) is 21.3 Å². The minimum atomic E-state index is -0.427. The lowest BCUT2D eigenvalue weighted by Gasteiger charge is -2.33. The van der Waals surface area contributed by atoms with E-state index in [1.807, 2.05) is 47.0 Å². The van der Waals surface area contributed by atoms with E-state index in [0.29, 0.717) is 34.2 Å². The average Bonchev–Trinajstić information content (AvgIpc) is 3.20. The largest absolute Gasteiger partial charge is 0.497 e. The van der Waals surface area contributed by atoms with Gasteiger partial charge in [-0.25, -0.2) is 4.79 Å². The molecule has 33 heavy (non-hydrogen) atoms. The van der Waals surface area contributed by atoms with Gasteiger partial charge in [-0.3, -0.25) is 13.9 Å². The van der Waals surface area contributed by atoms with Crippen molar-refractivity contribution in [1.82, 2.24) is 18.7 Å². The first-order valence-electron chi connectivity index (χ1n) is 10.7. The summed E-state index contributed by atoms with van der Waals surface area (Å²) >= 11 is 6.30. The molecule has 2 aromatic heterocycles. The number of ether oxygens (including phenoxy) is 1. The standard InChI is InChI=1S/C24H24ClN5O3/c1-15-12-28(17-8-6-9-18(11-17)33-3)23-26-21-20(29(23)13-15)22(31)30(24(32)27(21)2)14-16-7-4-5-10-19(16)25/h4-11,15H,12-14H2,1-3H3/t15-/m0/s1. The molecule has 1 aliphatic heterocycles. The second-order valence-electron chi connectivity index (χ2n) is 8.44. The average molecular weight is 466 g/mol. The van der Waals surface area contributed by atoms with Crippen LogP contribution >= 0.6 is 11.6 Å². The van der Waals surface area contributed by atoms with Crippen molar-refractivity contribution in [3.05, 3.63) is 80.0 Å². The van der Waals surface area contributed by atoms with Crippen molar-refractivity contribution in [1.29, 1.82) is 0 Å². The van der Waals surface area contributed by atoms with Crippen molar-refractivity contribution in [2.75, 3.05) is 18.6 Å². The number of hydrogen-bond donors (Lipinski definition) is 0. The molecule has 2 aromatic carbocycles. The molecule has 4 aromatic rings. The highest BCUT2D eigenvalue weighted by atomic mass is 35.5. The first-order chi connectivity index (χ1) is 15.9. The molecule has 0 N–H and O–H groups in total.